The molecule has 0 spiro atoms. The minimum Gasteiger partial charge on any atom is -0.377 e. The molecule has 0 saturated carbocycles. The third-order valence-electron chi connectivity index (χ3n) is 2.00. The van der Waals surface area contributed by atoms with E-state index in [-0.39, 0.29) is 18.6 Å². The van der Waals surface area contributed by atoms with Crippen LogP contribution in [0.25, 0.3) is 0 Å². The van der Waals surface area contributed by atoms with Gasteiger partial charge in [-0.1, -0.05) is 0 Å². The number of hydrogen-bond acceptors (Lipinski definition) is 2. The van der Waals surface area contributed by atoms with Gasteiger partial charge in [-0.05, 0) is 6.92 Å². The molecule has 0 bridgehead atoms. The standard InChI is InChI=1S/C8H15FN2O2/c1-7-6-13-5-4-11(7)8(12)10-3-2-9/h7H,2-6H2,1H3,(H,10,12). The molecule has 1 unspecified atom stereocenters. The number of halogens is 1. The van der Waals surface area contributed by atoms with E-state index in [2.05, 4.69) is 5.32 Å². The molecule has 0 aromatic heterocycles. The van der Waals surface area contributed by atoms with E-state index in [1.807, 2.05) is 6.92 Å². The van der Waals surface area contributed by atoms with Crippen LogP contribution in [0.1, 0.15) is 6.92 Å². The van der Waals surface area contributed by atoms with Gasteiger partial charge in [0.25, 0.3) is 0 Å². The summed E-state index contributed by atoms with van der Waals surface area (Å²) >= 11 is 0. The Hall–Kier alpha value is -0.840. The molecule has 0 aromatic carbocycles. The summed E-state index contributed by atoms with van der Waals surface area (Å²) in [4.78, 5) is 13.0. The quantitative estimate of drug-likeness (QED) is 0.684. The fraction of sp³-hybridized carbons (Fsp3) is 0.875. The van der Waals surface area contributed by atoms with E-state index in [1.54, 1.807) is 4.90 Å². The zero-order valence-corrected chi connectivity index (χ0v) is 7.75. The fourth-order valence-electron chi connectivity index (χ4n) is 1.28. The molecule has 1 atom stereocenters. The molecule has 1 N–H and O–H groups in total. The molecular formula is C8H15FN2O2. The van der Waals surface area contributed by atoms with Crippen molar-refractivity contribution in [2.75, 3.05) is 33.0 Å². The van der Waals surface area contributed by atoms with Crippen molar-refractivity contribution < 1.29 is 13.9 Å². The summed E-state index contributed by atoms with van der Waals surface area (Å²) in [5.41, 5.74) is 0. The van der Waals surface area contributed by atoms with Gasteiger partial charge >= 0.3 is 6.03 Å². The van der Waals surface area contributed by atoms with Crippen molar-refractivity contribution in [3.63, 3.8) is 0 Å². The van der Waals surface area contributed by atoms with Crippen molar-refractivity contribution in [1.82, 2.24) is 10.2 Å². The first kappa shape index (κ1) is 10.2. The Labute approximate surface area is 77.0 Å². The zero-order valence-electron chi connectivity index (χ0n) is 7.75. The van der Waals surface area contributed by atoms with Crippen molar-refractivity contribution in [3.8, 4) is 0 Å². The van der Waals surface area contributed by atoms with Crippen LogP contribution in [-0.2, 0) is 4.74 Å². The lowest BCUT2D eigenvalue weighted by Crippen LogP contribution is -2.51. The van der Waals surface area contributed by atoms with Gasteiger partial charge in [-0.25, -0.2) is 9.18 Å². The van der Waals surface area contributed by atoms with Gasteiger partial charge in [0, 0.05) is 13.1 Å². The molecule has 5 heteroatoms. The molecule has 76 valence electrons. The Kier molecular flexibility index (Phi) is 3.95. The Morgan fingerprint density at radius 3 is 3.15 bits per heavy atom. The Balaban J connectivity index is 2.35. The van der Waals surface area contributed by atoms with Crippen LogP contribution < -0.4 is 5.32 Å². The van der Waals surface area contributed by atoms with Gasteiger partial charge in [0.05, 0.1) is 19.3 Å². The number of nitrogens with zero attached hydrogens (tertiary/aromatic N) is 1. The number of ether oxygens (including phenoxy) is 1. The summed E-state index contributed by atoms with van der Waals surface area (Å²) in [6.07, 6.45) is 0. The van der Waals surface area contributed by atoms with Gasteiger partial charge in [-0.2, -0.15) is 0 Å². The second-order valence-corrected chi connectivity index (χ2v) is 3.04. The van der Waals surface area contributed by atoms with E-state index in [0.717, 1.165) is 0 Å². The summed E-state index contributed by atoms with van der Waals surface area (Å²) < 4.78 is 16.9. The summed E-state index contributed by atoms with van der Waals surface area (Å²) in [7, 11) is 0. The van der Waals surface area contributed by atoms with Gasteiger partial charge in [-0.3, -0.25) is 0 Å². The molecule has 1 aliphatic rings. The Morgan fingerprint density at radius 1 is 1.77 bits per heavy atom. The van der Waals surface area contributed by atoms with E-state index in [9.17, 15) is 9.18 Å². The topological polar surface area (TPSA) is 41.6 Å². The van der Waals surface area contributed by atoms with Crippen LogP contribution >= 0.6 is 0 Å². The lowest BCUT2D eigenvalue weighted by molar-refractivity contribution is 0.0190. The Bertz CT molecular complexity index is 178. The first-order valence-electron chi connectivity index (χ1n) is 4.44. The predicted octanol–water partition coefficient (Wildman–Crippen LogP) is 0.386. The lowest BCUT2D eigenvalue weighted by Gasteiger charge is -2.33. The van der Waals surface area contributed by atoms with E-state index >= 15 is 0 Å². The molecule has 1 saturated heterocycles. The molecule has 0 aliphatic carbocycles. The maximum atomic E-state index is 11.8. The minimum atomic E-state index is -0.523. The summed E-state index contributed by atoms with van der Waals surface area (Å²) in [5.74, 6) is 0. The second-order valence-electron chi connectivity index (χ2n) is 3.04. The number of amides is 2. The normalized spacial score (nSPS) is 22.9. The van der Waals surface area contributed by atoms with Crippen molar-refractivity contribution in [2.24, 2.45) is 0 Å². The van der Waals surface area contributed by atoms with Crippen molar-refractivity contribution in [3.05, 3.63) is 0 Å². The summed E-state index contributed by atoms with van der Waals surface area (Å²) in [6.45, 7) is 3.18. The van der Waals surface area contributed by atoms with Crippen molar-refractivity contribution >= 4 is 6.03 Å². The van der Waals surface area contributed by atoms with Gasteiger partial charge < -0.3 is 15.0 Å². The lowest BCUT2D eigenvalue weighted by atomic mass is 10.3. The largest absolute Gasteiger partial charge is 0.377 e. The summed E-state index contributed by atoms with van der Waals surface area (Å²) in [6, 6.07) is -0.123. The highest BCUT2D eigenvalue weighted by atomic mass is 19.1. The average molecular weight is 190 g/mol. The van der Waals surface area contributed by atoms with E-state index in [1.165, 1.54) is 0 Å². The molecule has 13 heavy (non-hydrogen) atoms. The number of rotatable bonds is 2. The highest BCUT2D eigenvalue weighted by Crippen LogP contribution is 2.05. The first-order valence-corrected chi connectivity index (χ1v) is 4.44. The number of hydrogen-bond donors (Lipinski definition) is 1. The molecule has 2 amide bonds. The Morgan fingerprint density at radius 2 is 2.54 bits per heavy atom. The zero-order chi connectivity index (χ0) is 9.68. The average Bonchev–Trinajstić information content (AvgIpc) is 2.15. The van der Waals surface area contributed by atoms with E-state index in [0.29, 0.717) is 19.8 Å². The number of morpholine rings is 1. The maximum Gasteiger partial charge on any atom is 0.317 e. The van der Waals surface area contributed by atoms with Gasteiger partial charge in [0.15, 0.2) is 0 Å². The monoisotopic (exact) mass is 190 g/mol. The first-order chi connectivity index (χ1) is 6.25. The molecule has 1 fully saturated rings. The highest BCUT2D eigenvalue weighted by molar-refractivity contribution is 5.74. The van der Waals surface area contributed by atoms with E-state index in [4.69, 9.17) is 4.74 Å². The molecule has 0 radical (unpaired) electrons. The molecular weight excluding hydrogens is 175 g/mol. The second kappa shape index (κ2) is 5.01. The van der Waals surface area contributed by atoms with E-state index < -0.39 is 6.67 Å². The van der Waals surface area contributed by atoms with Crippen LogP contribution in [0.15, 0.2) is 0 Å². The molecule has 1 heterocycles. The van der Waals surface area contributed by atoms with Crippen LogP contribution in [0.4, 0.5) is 9.18 Å². The number of urea groups is 1. The molecule has 1 rings (SSSR count). The van der Waals surface area contributed by atoms with Crippen LogP contribution in [-0.4, -0.2) is 50.0 Å². The minimum absolute atomic E-state index is 0.0772. The number of nitrogens with one attached hydrogen (secondary N) is 1. The number of carbonyl (C=O) groups excluding carboxylic acids is 1. The van der Waals surface area contributed by atoms with Crippen molar-refractivity contribution in [1.29, 1.82) is 0 Å². The van der Waals surface area contributed by atoms with Gasteiger partial charge in [0.2, 0.25) is 0 Å². The molecule has 0 aromatic rings. The maximum absolute atomic E-state index is 11.8. The SMILES string of the molecule is CC1COCCN1C(=O)NCCF. The number of alkyl halides is 1. The van der Waals surface area contributed by atoms with Crippen LogP contribution in [0, 0.1) is 0 Å². The third-order valence-corrected chi connectivity index (χ3v) is 2.00. The molecule has 4 nitrogen and oxygen atoms in total. The van der Waals surface area contributed by atoms with Crippen LogP contribution in [0.2, 0.25) is 0 Å². The fourth-order valence-corrected chi connectivity index (χ4v) is 1.28. The van der Waals surface area contributed by atoms with Crippen molar-refractivity contribution in [2.45, 2.75) is 13.0 Å². The van der Waals surface area contributed by atoms with Gasteiger partial charge in [-0.15, -0.1) is 0 Å². The number of carbonyl (C=O) groups is 1. The molecule has 1 aliphatic heterocycles. The van der Waals surface area contributed by atoms with Gasteiger partial charge in [0.1, 0.15) is 6.67 Å². The summed E-state index contributed by atoms with van der Waals surface area (Å²) in [5, 5.41) is 2.49. The van der Waals surface area contributed by atoms with Crippen LogP contribution in [0.3, 0.4) is 0 Å². The van der Waals surface area contributed by atoms with Crippen LogP contribution in [0.5, 0.6) is 0 Å². The third kappa shape index (κ3) is 2.84. The predicted molar refractivity (Wildman–Crippen MR) is 46.4 cm³/mol. The smallest absolute Gasteiger partial charge is 0.317 e. The highest BCUT2D eigenvalue weighted by Gasteiger charge is 2.22.